The first-order chi connectivity index (χ1) is 16.7. The molecule has 1 aliphatic rings. The molecule has 4 rings (SSSR count). The summed E-state index contributed by atoms with van der Waals surface area (Å²) in [7, 11) is 1.86. The van der Waals surface area contributed by atoms with Crippen molar-refractivity contribution in [2.75, 3.05) is 12.4 Å². The smallest absolute Gasteiger partial charge is 0.253 e. The molecule has 0 aliphatic heterocycles. The number of carbonyl (C=O) groups is 2. The molecule has 1 aliphatic carbocycles. The van der Waals surface area contributed by atoms with Crippen LogP contribution in [0.1, 0.15) is 54.4 Å². The van der Waals surface area contributed by atoms with Gasteiger partial charge in [0.05, 0.1) is 16.1 Å². The standard InChI is InChI=1S/C26H29ClFN5O2/c1-16(17-8-10-21(28)20(27)14-17)30-26-31-22-15-18(9-11-23(22)33(26)13-12-24(29)34)25(35)32(2)19-6-4-3-5-7-19/h8-11,14-15,19H,1,3-7,12-13H2,2H3,(H2,29,34)(H,30,31). The third-order valence-electron chi connectivity index (χ3n) is 6.55. The highest BCUT2D eigenvalue weighted by molar-refractivity contribution is 6.30. The van der Waals surface area contributed by atoms with E-state index in [9.17, 15) is 14.0 Å². The van der Waals surface area contributed by atoms with Crippen molar-refractivity contribution in [3.05, 3.63) is 64.9 Å². The summed E-state index contributed by atoms with van der Waals surface area (Å²) in [4.78, 5) is 31.2. The van der Waals surface area contributed by atoms with Crippen LogP contribution in [0.15, 0.2) is 43.0 Å². The number of fused-ring (bicyclic) bond motifs is 1. The zero-order valence-corrected chi connectivity index (χ0v) is 20.4. The Morgan fingerprint density at radius 3 is 2.60 bits per heavy atom. The van der Waals surface area contributed by atoms with E-state index in [4.69, 9.17) is 17.3 Å². The first kappa shape index (κ1) is 24.7. The summed E-state index contributed by atoms with van der Waals surface area (Å²) in [5.74, 6) is -0.572. The van der Waals surface area contributed by atoms with Crippen LogP contribution in [0, 0.1) is 5.82 Å². The second-order valence-corrected chi connectivity index (χ2v) is 9.35. The quantitative estimate of drug-likeness (QED) is 0.447. The van der Waals surface area contributed by atoms with E-state index in [-0.39, 0.29) is 23.4 Å². The summed E-state index contributed by atoms with van der Waals surface area (Å²) in [6, 6.07) is 9.93. The predicted molar refractivity (Wildman–Crippen MR) is 137 cm³/mol. The van der Waals surface area contributed by atoms with Crippen molar-refractivity contribution in [3.63, 3.8) is 0 Å². The van der Waals surface area contributed by atoms with Gasteiger partial charge in [0.15, 0.2) is 0 Å². The van der Waals surface area contributed by atoms with E-state index in [0.717, 1.165) is 31.2 Å². The van der Waals surface area contributed by atoms with E-state index in [1.807, 2.05) is 22.6 Å². The zero-order chi connectivity index (χ0) is 25.1. The largest absolute Gasteiger partial charge is 0.370 e. The van der Waals surface area contributed by atoms with Gasteiger partial charge in [0.1, 0.15) is 5.82 Å². The summed E-state index contributed by atoms with van der Waals surface area (Å²) < 4.78 is 15.4. The van der Waals surface area contributed by atoms with E-state index in [2.05, 4.69) is 16.9 Å². The number of aryl methyl sites for hydroxylation is 1. The predicted octanol–water partition coefficient (Wildman–Crippen LogP) is 5.19. The molecule has 1 aromatic heterocycles. The van der Waals surface area contributed by atoms with Gasteiger partial charge < -0.3 is 20.5 Å². The Balaban J connectivity index is 1.64. The molecule has 3 N–H and O–H groups in total. The summed E-state index contributed by atoms with van der Waals surface area (Å²) in [6.45, 7) is 4.31. The summed E-state index contributed by atoms with van der Waals surface area (Å²) in [5, 5.41) is 3.12. The van der Waals surface area contributed by atoms with Crippen LogP contribution in [-0.2, 0) is 11.3 Å². The Hall–Kier alpha value is -3.39. The Kier molecular flexibility index (Phi) is 7.40. The van der Waals surface area contributed by atoms with Crippen molar-refractivity contribution in [1.82, 2.24) is 14.5 Å². The van der Waals surface area contributed by atoms with Gasteiger partial charge in [0.25, 0.3) is 5.91 Å². The van der Waals surface area contributed by atoms with Gasteiger partial charge in [-0.1, -0.05) is 37.4 Å². The first-order valence-corrected chi connectivity index (χ1v) is 12.1. The number of rotatable bonds is 8. The molecule has 7 nitrogen and oxygen atoms in total. The van der Waals surface area contributed by atoms with Gasteiger partial charge in [-0.25, -0.2) is 9.37 Å². The molecule has 1 fully saturated rings. The van der Waals surface area contributed by atoms with Gasteiger partial charge in [-0.3, -0.25) is 9.59 Å². The minimum atomic E-state index is -0.521. The number of anilines is 1. The van der Waals surface area contributed by atoms with E-state index < -0.39 is 11.7 Å². The van der Waals surface area contributed by atoms with Crippen LogP contribution in [0.4, 0.5) is 10.3 Å². The van der Waals surface area contributed by atoms with E-state index >= 15 is 0 Å². The number of hydrogen-bond donors (Lipinski definition) is 2. The number of nitrogens with one attached hydrogen (secondary N) is 1. The molecule has 0 radical (unpaired) electrons. The van der Waals surface area contributed by atoms with E-state index in [0.29, 0.717) is 34.8 Å². The van der Waals surface area contributed by atoms with Gasteiger partial charge in [0.2, 0.25) is 11.9 Å². The Labute approximate surface area is 208 Å². The maximum Gasteiger partial charge on any atom is 0.253 e. The number of imidazole rings is 1. The van der Waals surface area contributed by atoms with Crippen LogP contribution < -0.4 is 11.1 Å². The average Bonchev–Trinajstić information content (AvgIpc) is 3.19. The summed E-state index contributed by atoms with van der Waals surface area (Å²) in [5.41, 5.74) is 8.33. The number of primary amides is 1. The lowest BCUT2D eigenvalue weighted by Gasteiger charge is -2.31. The van der Waals surface area contributed by atoms with Crippen LogP contribution >= 0.6 is 11.6 Å². The third kappa shape index (κ3) is 5.48. The molecule has 0 atom stereocenters. The van der Waals surface area contributed by atoms with Crippen molar-refractivity contribution >= 4 is 46.1 Å². The molecule has 3 aromatic rings. The van der Waals surface area contributed by atoms with Crippen molar-refractivity contribution < 1.29 is 14.0 Å². The van der Waals surface area contributed by atoms with Crippen LogP contribution in [0.2, 0.25) is 5.02 Å². The maximum absolute atomic E-state index is 13.6. The fourth-order valence-corrected chi connectivity index (χ4v) is 4.72. The normalized spacial score (nSPS) is 14.1. The van der Waals surface area contributed by atoms with Crippen LogP contribution in [0.25, 0.3) is 16.7 Å². The molecule has 0 saturated heterocycles. The highest BCUT2D eigenvalue weighted by Gasteiger charge is 2.24. The minimum Gasteiger partial charge on any atom is -0.370 e. The van der Waals surface area contributed by atoms with Gasteiger partial charge in [-0.2, -0.15) is 0 Å². The lowest BCUT2D eigenvalue weighted by atomic mass is 9.94. The molecule has 0 unspecified atom stereocenters. The molecule has 184 valence electrons. The number of nitrogens with two attached hydrogens (primary N) is 1. The lowest BCUT2D eigenvalue weighted by molar-refractivity contribution is -0.118. The molecule has 1 heterocycles. The molecule has 2 aromatic carbocycles. The maximum atomic E-state index is 13.6. The van der Waals surface area contributed by atoms with Crippen molar-refractivity contribution in [2.45, 2.75) is 51.1 Å². The second-order valence-electron chi connectivity index (χ2n) is 8.95. The van der Waals surface area contributed by atoms with Gasteiger partial charge in [-0.05, 0) is 54.8 Å². The monoisotopic (exact) mass is 497 g/mol. The van der Waals surface area contributed by atoms with Gasteiger partial charge >= 0.3 is 0 Å². The summed E-state index contributed by atoms with van der Waals surface area (Å²) >= 11 is 5.92. The Morgan fingerprint density at radius 2 is 1.91 bits per heavy atom. The molecular weight excluding hydrogens is 469 g/mol. The lowest BCUT2D eigenvalue weighted by Crippen LogP contribution is -2.38. The van der Waals surface area contributed by atoms with Crippen LogP contribution in [0.5, 0.6) is 0 Å². The topological polar surface area (TPSA) is 93.2 Å². The van der Waals surface area contributed by atoms with E-state index in [1.54, 1.807) is 18.2 Å². The molecule has 1 saturated carbocycles. The number of hydrogen-bond acceptors (Lipinski definition) is 4. The molecule has 0 bridgehead atoms. The molecule has 2 amide bonds. The first-order valence-electron chi connectivity index (χ1n) is 11.7. The highest BCUT2D eigenvalue weighted by Crippen LogP contribution is 2.28. The number of carbonyl (C=O) groups excluding carboxylic acids is 2. The third-order valence-corrected chi connectivity index (χ3v) is 6.84. The SMILES string of the molecule is C=C(Nc1nc2cc(C(=O)N(C)C3CCCCC3)ccc2n1CCC(N)=O)c1ccc(F)c(Cl)c1. The Morgan fingerprint density at radius 1 is 1.20 bits per heavy atom. The molecule has 9 heteroatoms. The second kappa shape index (κ2) is 10.5. The number of amides is 2. The Bertz CT molecular complexity index is 1280. The number of benzene rings is 2. The van der Waals surface area contributed by atoms with E-state index in [1.165, 1.54) is 18.6 Å². The molecule has 35 heavy (non-hydrogen) atoms. The van der Waals surface area contributed by atoms with Crippen LogP contribution in [-0.4, -0.2) is 39.4 Å². The van der Waals surface area contributed by atoms with Crippen molar-refractivity contribution in [1.29, 1.82) is 0 Å². The van der Waals surface area contributed by atoms with Gasteiger partial charge in [-0.15, -0.1) is 0 Å². The zero-order valence-electron chi connectivity index (χ0n) is 19.7. The minimum absolute atomic E-state index is 0.0158. The number of aromatic nitrogens is 2. The van der Waals surface area contributed by atoms with Crippen molar-refractivity contribution in [2.24, 2.45) is 5.73 Å². The van der Waals surface area contributed by atoms with Crippen LogP contribution in [0.3, 0.4) is 0 Å². The highest BCUT2D eigenvalue weighted by atomic mass is 35.5. The fourth-order valence-electron chi connectivity index (χ4n) is 4.54. The number of halogens is 2. The van der Waals surface area contributed by atoms with Crippen molar-refractivity contribution in [3.8, 4) is 0 Å². The fraction of sp³-hybridized carbons (Fsp3) is 0.346. The average molecular weight is 498 g/mol. The molecule has 0 spiro atoms. The summed E-state index contributed by atoms with van der Waals surface area (Å²) in [6.07, 6.45) is 5.66. The molecular formula is C26H29ClFN5O2. The van der Waals surface area contributed by atoms with Gasteiger partial charge in [0, 0.05) is 37.3 Å². The number of nitrogens with zero attached hydrogens (tertiary/aromatic N) is 3.